The van der Waals surface area contributed by atoms with Gasteiger partial charge in [-0.2, -0.15) is 0 Å². The number of hydrogen-bond donors (Lipinski definition) is 2. The fraction of sp³-hybridized carbons (Fsp3) is 0. The molecule has 1 heterocycles. The molecule has 0 radical (unpaired) electrons. The third-order valence-corrected chi connectivity index (χ3v) is 2.76. The number of carbonyl (C=O) groups is 2. The van der Waals surface area contributed by atoms with E-state index >= 15 is 0 Å². The highest BCUT2D eigenvalue weighted by Crippen LogP contribution is 2.35. The number of rotatable bonds is 1. The number of hydrazine groups is 1. The van der Waals surface area contributed by atoms with Crippen LogP contribution in [0.4, 0.5) is 10.5 Å². The second-order valence-corrected chi connectivity index (χ2v) is 3.74. The van der Waals surface area contributed by atoms with Crippen LogP contribution in [0.25, 0.3) is 10.8 Å². The monoisotopic (exact) mass is 228 g/mol. The normalized spacial score (nSPS) is 13.2. The summed E-state index contributed by atoms with van der Waals surface area (Å²) in [5.41, 5.74) is 3.19. The molecule has 84 valence electrons. The molecule has 0 aromatic heterocycles. The van der Waals surface area contributed by atoms with Gasteiger partial charge in [0.2, 0.25) is 0 Å². The molecule has 0 bridgehead atoms. The molecule has 0 spiro atoms. The highest BCUT2D eigenvalue weighted by atomic mass is 16.4. The van der Waals surface area contributed by atoms with Gasteiger partial charge in [0, 0.05) is 5.39 Å². The second kappa shape index (κ2) is 3.21. The van der Waals surface area contributed by atoms with E-state index < -0.39 is 6.09 Å². The van der Waals surface area contributed by atoms with Crippen LogP contribution in [0.3, 0.4) is 0 Å². The fourth-order valence-electron chi connectivity index (χ4n) is 2.12. The molecular weight excluding hydrogens is 220 g/mol. The van der Waals surface area contributed by atoms with Crippen molar-refractivity contribution in [2.24, 2.45) is 0 Å². The van der Waals surface area contributed by atoms with E-state index in [2.05, 4.69) is 5.43 Å². The molecule has 0 saturated carbocycles. The van der Waals surface area contributed by atoms with Crippen molar-refractivity contribution >= 4 is 28.5 Å². The molecule has 2 N–H and O–H groups in total. The largest absolute Gasteiger partial charge is 0.464 e. The van der Waals surface area contributed by atoms with Crippen molar-refractivity contribution in [3.8, 4) is 0 Å². The van der Waals surface area contributed by atoms with Crippen LogP contribution in [0.2, 0.25) is 0 Å². The number of carbonyl (C=O) groups excluding carboxylic acids is 1. The van der Waals surface area contributed by atoms with Gasteiger partial charge in [0.05, 0.1) is 11.3 Å². The summed E-state index contributed by atoms with van der Waals surface area (Å²) in [6, 6.07) is 10.8. The fourth-order valence-corrected chi connectivity index (χ4v) is 2.12. The molecule has 1 aliphatic rings. The first-order valence-corrected chi connectivity index (χ1v) is 5.04. The van der Waals surface area contributed by atoms with Crippen LogP contribution in [-0.4, -0.2) is 17.1 Å². The summed E-state index contributed by atoms with van der Waals surface area (Å²) in [6.45, 7) is 0. The maximum Gasteiger partial charge on any atom is 0.424 e. The number of amides is 2. The Hall–Kier alpha value is -2.56. The van der Waals surface area contributed by atoms with Gasteiger partial charge in [0.15, 0.2) is 0 Å². The quantitative estimate of drug-likeness (QED) is 0.784. The summed E-state index contributed by atoms with van der Waals surface area (Å²) in [4.78, 5) is 22.7. The highest BCUT2D eigenvalue weighted by molar-refractivity contribution is 6.25. The summed E-state index contributed by atoms with van der Waals surface area (Å²) in [5.74, 6) is -0.348. The molecule has 0 fully saturated rings. The Morgan fingerprint density at radius 2 is 1.88 bits per heavy atom. The zero-order chi connectivity index (χ0) is 12.0. The van der Waals surface area contributed by atoms with E-state index in [0.717, 1.165) is 15.8 Å². The minimum atomic E-state index is -1.26. The molecule has 2 aromatic carbocycles. The molecule has 1 aliphatic heterocycles. The van der Waals surface area contributed by atoms with Crippen LogP contribution < -0.4 is 10.4 Å². The molecule has 0 atom stereocenters. The first-order chi connectivity index (χ1) is 8.18. The number of nitrogens with one attached hydrogen (secondary N) is 1. The zero-order valence-electron chi connectivity index (χ0n) is 8.68. The average molecular weight is 228 g/mol. The number of benzene rings is 2. The molecule has 5 heteroatoms. The minimum absolute atomic E-state index is 0.348. The zero-order valence-corrected chi connectivity index (χ0v) is 8.68. The second-order valence-electron chi connectivity index (χ2n) is 3.74. The van der Waals surface area contributed by atoms with Crippen LogP contribution in [0.15, 0.2) is 36.4 Å². The lowest BCUT2D eigenvalue weighted by molar-refractivity contribution is 0.0976. The third-order valence-electron chi connectivity index (χ3n) is 2.76. The van der Waals surface area contributed by atoms with Crippen molar-refractivity contribution in [2.45, 2.75) is 0 Å². The molecule has 17 heavy (non-hydrogen) atoms. The molecule has 2 amide bonds. The highest BCUT2D eigenvalue weighted by Gasteiger charge is 2.30. The van der Waals surface area contributed by atoms with Crippen LogP contribution in [0.5, 0.6) is 0 Å². The Labute approximate surface area is 96.2 Å². The van der Waals surface area contributed by atoms with Gasteiger partial charge < -0.3 is 5.11 Å². The van der Waals surface area contributed by atoms with Gasteiger partial charge >= 0.3 is 6.09 Å². The van der Waals surface area contributed by atoms with Gasteiger partial charge in [-0.3, -0.25) is 4.79 Å². The van der Waals surface area contributed by atoms with E-state index in [4.69, 9.17) is 5.11 Å². The predicted octanol–water partition coefficient (Wildman–Crippen LogP) is 1.98. The van der Waals surface area contributed by atoms with Crippen molar-refractivity contribution in [3.05, 3.63) is 42.0 Å². The van der Waals surface area contributed by atoms with E-state index in [1.807, 2.05) is 12.1 Å². The van der Waals surface area contributed by atoms with Crippen LogP contribution >= 0.6 is 0 Å². The van der Waals surface area contributed by atoms with Gasteiger partial charge in [0.25, 0.3) is 5.91 Å². The summed E-state index contributed by atoms with van der Waals surface area (Å²) < 4.78 is 0. The maximum absolute atomic E-state index is 12.0. The average Bonchev–Trinajstić information content (AvgIpc) is 2.57. The summed E-state index contributed by atoms with van der Waals surface area (Å²) in [7, 11) is 0. The lowest BCUT2D eigenvalue weighted by Crippen LogP contribution is -2.43. The van der Waals surface area contributed by atoms with Crippen molar-refractivity contribution in [3.63, 3.8) is 0 Å². The van der Waals surface area contributed by atoms with Gasteiger partial charge in [0.1, 0.15) is 0 Å². The molecule has 3 rings (SSSR count). The molecule has 0 aliphatic carbocycles. The van der Waals surface area contributed by atoms with E-state index in [-0.39, 0.29) is 5.91 Å². The Morgan fingerprint density at radius 1 is 1.18 bits per heavy atom. The summed E-state index contributed by atoms with van der Waals surface area (Å²) >= 11 is 0. The Bertz CT molecular complexity index is 646. The first-order valence-electron chi connectivity index (χ1n) is 5.04. The van der Waals surface area contributed by atoms with Crippen LogP contribution in [0.1, 0.15) is 10.4 Å². The van der Waals surface area contributed by atoms with Gasteiger partial charge in [-0.1, -0.05) is 24.3 Å². The van der Waals surface area contributed by atoms with Gasteiger partial charge in [-0.15, -0.1) is 0 Å². The van der Waals surface area contributed by atoms with Crippen molar-refractivity contribution < 1.29 is 14.7 Å². The molecular formula is C12H8N2O3. The SMILES string of the molecule is O=C(O)NN1C(=O)c2cccc3cccc1c23. The Kier molecular flexibility index (Phi) is 1.82. The van der Waals surface area contributed by atoms with Crippen molar-refractivity contribution in [1.29, 1.82) is 0 Å². The summed E-state index contributed by atoms with van der Waals surface area (Å²) in [6.07, 6.45) is -1.26. The van der Waals surface area contributed by atoms with Gasteiger partial charge in [-0.25, -0.2) is 15.2 Å². The first kappa shape index (κ1) is 9.65. The lowest BCUT2D eigenvalue weighted by atomic mass is 10.1. The van der Waals surface area contributed by atoms with Gasteiger partial charge in [-0.05, 0) is 17.5 Å². The van der Waals surface area contributed by atoms with Crippen LogP contribution in [-0.2, 0) is 0 Å². The lowest BCUT2D eigenvalue weighted by Gasteiger charge is -2.15. The van der Waals surface area contributed by atoms with E-state index in [1.165, 1.54) is 0 Å². The molecule has 0 saturated heterocycles. The van der Waals surface area contributed by atoms with Crippen molar-refractivity contribution in [2.75, 3.05) is 5.01 Å². The Morgan fingerprint density at radius 3 is 2.59 bits per heavy atom. The van der Waals surface area contributed by atoms with E-state index in [1.54, 1.807) is 24.3 Å². The van der Waals surface area contributed by atoms with Crippen molar-refractivity contribution in [1.82, 2.24) is 5.43 Å². The number of anilines is 1. The number of nitrogens with zero attached hydrogens (tertiary/aromatic N) is 1. The minimum Gasteiger partial charge on any atom is -0.464 e. The summed E-state index contributed by atoms with van der Waals surface area (Å²) in [5, 5.41) is 11.5. The third kappa shape index (κ3) is 1.25. The van der Waals surface area contributed by atoms with Crippen LogP contribution in [0, 0.1) is 0 Å². The smallest absolute Gasteiger partial charge is 0.424 e. The van der Waals surface area contributed by atoms with E-state index in [9.17, 15) is 9.59 Å². The maximum atomic E-state index is 12.0. The Balaban J connectivity index is 2.27. The molecule has 2 aromatic rings. The van der Waals surface area contributed by atoms with E-state index in [0.29, 0.717) is 11.3 Å². The standard InChI is InChI=1S/C12H8N2O3/c15-11-8-5-1-3-7-4-2-6-9(10(7)8)14(11)13-12(16)17/h1-6,13H,(H,16,17). The topological polar surface area (TPSA) is 69.6 Å². The molecule has 5 nitrogen and oxygen atoms in total. The number of carboxylic acid groups (broad SMARTS) is 1. The molecule has 0 unspecified atom stereocenters. The number of hydrogen-bond acceptors (Lipinski definition) is 2. The predicted molar refractivity (Wildman–Crippen MR) is 61.9 cm³/mol.